The van der Waals surface area contributed by atoms with E-state index in [1.165, 1.54) is 11.1 Å². The van der Waals surface area contributed by atoms with Gasteiger partial charge in [-0.15, -0.1) is 0 Å². The fourth-order valence-corrected chi connectivity index (χ4v) is 3.03. The SMILES string of the molecule is CC.CC.CC.CC.c1ccc(-c2ccc(N(c3ccccc3)c3ccccc3)cc2)cc1. The van der Waals surface area contributed by atoms with E-state index in [9.17, 15) is 0 Å². The molecule has 0 N–H and O–H groups in total. The zero-order valence-electron chi connectivity index (χ0n) is 21.9. The summed E-state index contributed by atoms with van der Waals surface area (Å²) >= 11 is 0. The standard InChI is InChI=1S/C24H19N.4C2H6/c1-4-10-20(11-5-1)21-16-18-24(19-17-21)25(22-12-6-2-7-13-22)23-14-8-3-9-15-23;4*1-2/h1-19H;4*1-2H3. The topological polar surface area (TPSA) is 3.24 Å². The number of rotatable bonds is 4. The van der Waals surface area contributed by atoms with Crippen LogP contribution in [0.5, 0.6) is 0 Å². The van der Waals surface area contributed by atoms with Gasteiger partial charge in [-0.1, -0.05) is 134 Å². The van der Waals surface area contributed by atoms with Gasteiger partial charge in [-0.05, 0) is 47.5 Å². The lowest BCUT2D eigenvalue weighted by molar-refractivity contribution is 1.28. The summed E-state index contributed by atoms with van der Waals surface area (Å²) in [6.07, 6.45) is 0. The van der Waals surface area contributed by atoms with Crippen molar-refractivity contribution in [2.45, 2.75) is 55.4 Å². The first-order chi connectivity index (χ1) is 16.4. The van der Waals surface area contributed by atoms with E-state index in [0.717, 1.165) is 17.1 Å². The van der Waals surface area contributed by atoms with Gasteiger partial charge in [0.05, 0.1) is 0 Å². The van der Waals surface area contributed by atoms with Gasteiger partial charge in [0.2, 0.25) is 0 Å². The summed E-state index contributed by atoms with van der Waals surface area (Å²) in [6, 6.07) is 40.1. The minimum atomic E-state index is 1.15. The highest BCUT2D eigenvalue weighted by Gasteiger charge is 2.11. The summed E-state index contributed by atoms with van der Waals surface area (Å²) in [7, 11) is 0. The molecule has 0 amide bonds. The van der Waals surface area contributed by atoms with E-state index < -0.39 is 0 Å². The third-order valence-electron chi connectivity index (χ3n) is 4.26. The van der Waals surface area contributed by atoms with Gasteiger partial charge in [0.1, 0.15) is 0 Å². The molecule has 0 unspecified atom stereocenters. The summed E-state index contributed by atoms with van der Waals surface area (Å²) in [5.41, 5.74) is 5.92. The molecule has 4 rings (SSSR count). The molecule has 1 heteroatoms. The number of nitrogens with zero attached hydrogens (tertiary/aromatic N) is 1. The molecular formula is C32H43N. The van der Waals surface area contributed by atoms with E-state index in [0.29, 0.717) is 0 Å². The van der Waals surface area contributed by atoms with Crippen LogP contribution in [0.2, 0.25) is 0 Å². The molecule has 0 fully saturated rings. The lowest BCUT2D eigenvalue weighted by Gasteiger charge is -2.25. The second kappa shape index (κ2) is 19.4. The van der Waals surface area contributed by atoms with Crippen LogP contribution in [0, 0.1) is 0 Å². The summed E-state index contributed by atoms with van der Waals surface area (Å²) < 4.78 is 0. The Morgan fingerprint density at radius 3 is 0.939 bits per heavy atom. The monoisotopic (exact) mass is 441 g/mol. The van der Waals surface area contributed by atoms with E-state index in [2.05, 4.69) is 102 Å². The van der Waals surface area contributed by atoms with Gasteiger partial charge in [-0.3, -0.25) is 0 Å². The average Bonchev–Trinajstić information content (AvgIpc) is 2.95. The van der Waals surface area contributed by atoms with E-state index in [1.54, 1.807) is 0 Å². The number of hydrogen-bond acceptors (Lipinski definition) is 1. The van der Waals surface area contributed by atoms with Crippen LogP contribution in [0.25, 0.3) is 11.1 Å². The summed E-state index contributed by atoms with van der Waals surface area (Å²) in [5, 5.41) is 0. The maximum atomic E-state index is 2.27. The van der Waals surface area contributed by atoms with Crippen LogP contribution in [-0.2, 0) is 0 Å². The van der Waals surface area contributed by atoms with Crippen LogP contribution in [0.1, 0.15) is 55.4 Å². The highest BCUT2D eigenvalue weighted by atomic mass is 15.1. The number of para-hydroxylation sites is 2. The van der Waals surface area contributed by atoms with E-state index >= 15 is 0 Å². The lowest BCUT2D eigenvalue weighted by Crippen LogP contribution is -2.09. The molecule has 0 spiro atoms. The van der Waals surface area contributed by atoms with Crippen molar-refractivity contribution in [2.24, 2.45) is 0 Å². The minimum Gasteiger partial charge on any atom is -0.311 e. The molecule has 0 atom stereocenters. The fraction of sp³-hybridized carbons (Fsp3) is 0.250. The quantitative estimate of drug-likeness (QED) is 0.304. The van der Waals surface area contributed by atoms with Crippen LogP contribution < -0.4 is 4.90 Å². The number of benzene rings is 4. The van der Waals surface area contributed by atoms with Crippen molar-refractivity contribution in [2.75, 3.05) is 4.90 Å². The van der Waals surface area contributed by atoms with Gasteiger partial charge in [-0.2, -0.15) is 0 Å². The van der Waals surface area contributed by atoms with E-state index in [4.69, 9.17) is 0 Å². The van der Waals surface area contributed by atoms with Crippen LogP contribution in [0.15, 0.2) is 115 Å². The third-order valence-corrected chi connectivity index (χ3v) is 4.26. The zero-order valence-corrected chi connectivity index (χ0v) is 21.9. The largest absolute Gasteiger partial charge is 0.311 e. The van der Waals surface area contributed by atoms with Gasteiger partial charge in [-0.25, -0.2) is 0 Å². The molecule has 4 aromatic carbocycles. The van der Waals surface area contributed by atoms with Gasteiger partial charge >= 0.3 is 0 Å². The Hall–Kier alpha value is -3.32. The molecule has 0 bridgehead atoms. The summed E-state index contributed by atoms with van der Waals surface area (Å²) in [6.45, 7) is 16.0. The Morgan fingerprint density at radius 2 is 0.576 bits per heavy atom. The Kier molecular flexibility index (Phi) is 17.4. The van der Waals surface area contributed by atoms with Crippen molar-refractivity contribution in [1.29, 1.82) is 0 Å². The molecule has 0 saturated carbocycles. The molecule has 0 saturated heterocycles. The van der Waals surface area contributed by atoms with Crippen molar-refractivity contribution in [3.8, 4) is 11.1 Å². The van der Waals surface area contributed by atoms with Crippen molar-refractivity contribution in [3.63, 3.8) is 0 Å². The zero-order chi connectivity index (χ0) is 24.9. The van der Waals surface area contributed by atoms with Gasteiger partial charge in [0, 0.05) is 17.1 Å². The van der Waals surface area contributed by atoms with Crippen molar-refractivity contribution >= 4 is 17.1 Å². The Balaban J connectivity index is 0.00000116. The van der Waals surface area contributed by atoms with Crippen LogP contribution >= 0.6 is 0 Å². The predicted octanol–water partition coefficient (Wildman–Crippen LogP) is 10.9. The first-order valence-corrected chi connectivity index (χ1v) is 12.5. The third kappa shape index (κ3) is 9.37. The Labute approximate surface area is 203 Å². The average molecular weight is 442 g/mol. The first-order valence-electron chi connectivity index (χ1n) is 12.5. The molecule has 0 radical (unpaired) electrons. The van der Waals surface area contributed by atoms with Gasteiger partial charge in [0.15, 0.2) is 0 Å². The van der Waals surface area contributed by atoms with Gasteiger partial charge in [0.25, 0.3) is 0 Å². The molecule has 1 nitrogen and oxygen atoms in total. The highest BCUT2D eigenvalue weighted by molar-refractivity contribution is 5.78. The molecule has 33 heavy (non-hydrogen) atoms. The Morgan fingerprint density at radius 1 is 0.303 bits per heavy atom. The Bertz CT molecular complexity index is 875. The van der Waals surface area contributed by atoms with Gasteiger partial charge < -0.3 is 4.90 Å². The smallest absolute Gasteiger partial charge is 0.0462 e. The molecular weight excluding hydrogens is 398 g/mol. The molecule has 4 aromatic rings. The maximum Gasteiger partial charge on any atom is 0.0462 e. The van der Waals surface area contributed by atoms with Crippen molar-refractivity contribution in [3.05, 3.63) is 115 Å². The maximum absolute atomic E-state index is 2.27. The molecule has 0 heterocycles. The van der Waals surface area contributed by atoms with Crippen molar-refractivity contribution < 1.29 is 0 Å². The number of anilines is 3. The normalized spacial score (nSPS) is 8.61. The molecule has 0 aromatic heterocycles. The van der Waals surface area contributed by atoms with Crippen LogP contribution in [0.4, 0.5) is 17.1 Å². The van der Waals surface area contributed by atoms with E-state index in [-0.39, 0.29) is 0 Å². The second-order valence-electron chi connectivity index (χ2n) is 5.92. The molecule has 0 aliphatic carbocycles. The molecule has 0 aliphatic rings. The summed E-state index contributed by atoms with van der Waals surface area (Å²) in [5.74, 6) is 0. The fourth-order valence-electron chi connectivity index (χ4n) is 3.03. The van der Waals surface area contributed by atoms with Crippen LogP contribution in [-0.4, -0.2) is 0 Å². The second-order valence-corrected chi connectivity index (χ2v) is 5.92. The minimum absolute atomic E-state index is 1.15. The lowest BCUT2D eigenvalue weighted by atomic mass is 10.0. The first kappa shape index (κ1) is 29.7. The van der Waals surface area contributed by atoms with E-state index in [1.807, 2.05) is 73.6 Å². The molecule has 0 aliphatic heterocycles. The predicted molar refractivity (Wildman–Crippen MR) is 152 cm³/mol. The number of hydrogen-bond donors (Lipinski definition) is 0. The van der Waals surface area contributed by atoms with Crippen molar-refractivity contribution in [1.82, 2.24) is 0 Å². The highest BCUT2D eigenvalue weighted by Crippen LogP contribution is 2.35. The van der Waals surface area contributed by atoms with Crippen LogP contribution in [0.3, 0.4) is 0 Å². The summed E-state index contributed by atoms with van der Waals surface area (Å²) in [4.78, 5) is 2.27. The molecule has 176 valence electrons.